The number of nitrogens with zero attached hydrogens (tertiary/aromatic N) is 1. The quantitative estimate of drug-likeness (QED) is 0.580. The Kier molecular flexibility index (Phi) is 1.58. The highest BCUT2D eigenvalue weighted by molar-refractivity contribution is 5.86. The Morgan fingerprint density at radius 2 is 2.07 bits per heavy atom. The summed E-state index contributed by atoms with van der Waals surface area (Å²) in [6.45, 7) is 0.783. The van der Waals surface area contributed by atoms with Crippen molar-refractivity contribution in [1.29, 1.82) is 0 Å². The molecule has 2 fully saturated rings. The van der Waals surface area contributed by atoms with Crippen LogP contribution in [0.4, 0.5) is 4.79 Å². The molecule has 78 valence electrons. The first-order valence-electron chi connectivity index (χ1n) is 4.30. The van der Waals surface area contributed by atoms with Crippen LogP contribution in [0.1, 0.15) is 6.42 Å². The van der Waals surface area contributed by atoms with Gasteiger partial charge in [0.1, 0.15) is 5.54 Å². The van der Waals surface area contributed by atoms with Gasteiger partial charge in [0.05, 0.1) is 7.11 Å². The molecule has 0 aromatic carbocycles. The Morgan fingerprint density at radius 3 is 2.43 bits per heavy atom. The molecular weight excluding hydrogens is 188 g/mol. The van der Waals surface area contributed by atoms with Gasteiger partial charge in [0.2, 0.25) is 0 Å². The lowest BCUT2D eigenvalue weighted by Gasteiger charge is -2.40. The zero-order chi connectivity index (χ0) is 10.6. The summed E-state index contributed by atoms with van der Waals surface area (Å²) in [5.74, 6) is -0.984. The SMILES string of the molecule is COC(=O)N1CC2(C1)CC2(N)C(=O)O. The fraction of sp³-hybridized carbons (Fsp3) is 0.750. The first-order valence-corrected chi connectivity index (χ1v) is 4.30. The highest BCUT2D eigenvalue weighted by Crippen LogP contribution is 2.60. The van der Waals surface area contributed by atoms with Gasteiger partial charge in [-0.1, -0.05) is 0 Å². The van der Waals surface area contributed by atoms with E-state index in [1.54, 1.807) is 0 Å². The van der Waals surface area contributed by atoms with Crippen LogP contribution in [0.5, 0.6) is 0 Å². The molecule has 1 aliphatic carbocycles. The predicted molar refractivity (Wildman–Crippen MR) is 45.6 cm³/mol. The average molecular weight is 200 g/mol. The van der Waals surface area contributed by atoms with Crippen molar-refractivity contribution in [3.05, 3.63) is 0 Å². The van der Waals surface area contributed by atoms with Gasteiger partial charge in [-0.25, -0.2) is 4.79 Å². The number of ether oxygens (including phenoxy) is 1. The number of hydrogen-bond acceptors (Lipinski definition) is 4. The number of carbonyl (C=O) groups is 2. The summed E-state index contributed by atoms with van der Waals surface area (Å²) in [4.78, 5) is 23.2. The molecule has 1 heterocycles. The Balaban J connectivity index is 1.96. The van der Waals surface area contributed by atoms with Crippen molar-refractivity contribution in [2.24, 2.45) is 11.1 Å². The highest BCUT2D eigenvalue weighted by atomic mass is 16.5. The molecule has 1 spiro atoms. The molecule has 6 heteroatoms. The third-order valence-electron chi connectivity index (χ3n) is 3.24. The first-order chi connectivity index (χ1) is 6.45. The fourth-order valence-electron chi connectivity index (χ4n) is 2.13. The molecule has 1 saturated carbocycles. The van der Waals surface area contributed by atoms with Crippen LogP contribution in [0.15, 0.2) is 0 Å². The zero-order valence-corrected chi connectivity index (χ0v) is 7.82. The fourth-order valence-corrected chi connectivity index (χ4v) is 2.13. The monoisotopic (exact) mass is 200 g/mol. The zero-order valence-electron chi connectivity index (χ0n) is 7.82. The summed E-state index contributed by atoms with van der Waals surface area (Å²) < 4.78 is 4.50. The van der Waals surface area contributed by atoms with Gasteiger partial charge in [0, 0.05) is 18.5 Å². The highest BCUT2D eigenvalue weighted by Gasteiger charge is 2.75. The Morgan fingerprint density at radius 1 is 1.50 bits per heavy atom. The molecule has 1 atom stereocenters. The van der Waals surface area contributed by atoms with Crippen LogP contribution < -0.4 is 5.73 Å². The number of hydrogen-bond donors (Lipinski definition) is 2. The average Bonchev–Trinajstić information content (AvgIpc) is 2.70. The maximum absolute atomic E-state index is 11.0. The Hall–Kier alpha value is -1.30. The number of carboxylic acid groups (broad SMARTS) is 1. The molecule has 1 amide bonds. The van der Waals surface area contributed by atoms with Gasteiger partial charge in [-0.3, -0.25) is 4.79 Å². The lowest BCUT2D eigenvalue weighted by Crippen LogP contribution is -2.58. The molecule has 3 N–H and O–H groups in total. The van der Waals surface area contributed by atoms with E-state index in [9.17, 15) is 9.59 Å². The second-order valence-corrected chi connectivity index (χ2v) is 4.06. The lowest BCUT2D eigenvalue weighted by atomic mass is 9.91. The molecule has 0 aromatic heterocycles. The largest absolute Gasteiger partial charge is 0.480 e. The Labute approximate surface area is 80.6 Å². The van der Waals surface area contributed by atoms with Gasteiger partial charge >= 0.3 is 12.1 Å². The molecule has 1 saturated heterocycles. The molecule has 6 nitrogen and oxygen atoms in total. The van der Waals surface area contributed by atoms with E-state index >= 15 is 0 Å². The van der Waals surface area contributed by atoms with Gasteiger partial charge in [0.25, 0.3) is 0 Å². The lowest BCUT2D eigenvalue weighted by molar-refractivity contribution is -0.141. The molecule has 2 rings (SSSR count). The van der Waals surface area contributed by atoms with E-state index in [4.69, 9.17) is 10.8 Å². The van der Waals surface area contributed by atoms with Crippen molar-refractivity contribution in [1.82, 2.24) is 4.90 Å². The molecule has 1 unspecified atom stereocenters. The summed E-state index contributed by atoms with van der Waals surface area (Å²) in [6, 6.07) is 0. The molecule has 14 heavy (non-hydrogen) atoms. The Bertz CT molecular complexity index is 310. The van der Waals surface area contributed by atoms with Crippen molar-refractivity contribution in [3.63, 3.8) is 0 Å². The van der Waals surface area contributed by atoms with Crippen molar-refractivity contribution >= 4 is 12.1 Å². The van der Waals surface area contributed by atoms with Gasteiger partial charge < -0.3 is 20.5 Å². The van der Waals surface area contributed by atoms with Crippen LogP contribution in [-0.4, -0.2) is 47.8 Å². The molecule has 2 aliphatic rings. The number of likely N-dealkylation sites (tertiary alicyclic amines) is 1. The number of aliphatic carboxylic acids is 1. The minimum Gasteiger partial charge on any atom is -0.480 e. The maximum Gasteiger partial charge on any atom is 0.409 e. The van der Waals surface area contributed by atoms with Crippen LogP contribution >= 0.6 is 0 Å². The normalized spacial score (nSPS) is 32.3. The van der Waals surface area contributed by atoms with E-state index in [1.807, 2.05) is 0 Å². The first kappa shape index (κ1) is 9.26. The summed E-state index contributed by atoms with van der Waals surface area (Å²) in [5.41, 5.74) is 4.13. The molecule has 1 aliphatic heterocycles. The number of amides is 1. The van der Waals surface area contributed by atoms with Crippen LogP contribution in [0.25, 0.3) is 0 Å². The van der Waals surface area contributed by atoms with Crippen LogP contribution in [0, 0.1) is 5.41 Å². The van der Waals surface area contributed by atoms with E-state index < -0.39 is 23.0 Å². The third-order valence-corrected chi connectivity index (χ3v) is 3.24. The van der Waals surface area contributed by atoms with E-state index in [2.05, 4.69) is 4.74 Å². The number of nitrogens with two attached hydrogens (primary N) is 1. The second kappa shape index (κ2) is 2.38. The van der Waals surface area contributed by atoms with E-state index in [0.717, 1.165) is 0 Å². The summed E-state index contributed by atoms with van der Waals surface area (Å²) >= 11 is 0. The minimum absolute atomic E-state index is 0.391. The van der Waals surface area contributed by atoms with Gasteiger partial charge in [0.15, 0.2) is 0 Å². The minimum atomic E-state index is -1.13. The van der Waals surface area contributed by atoms with Crippen molar-refractivity contribution in [2.75, 3.05) is 20.2 Å². The van der Waals surface area contributed by atoms with Crippen molar-refractivity contribution in [2.45, 2.75) is 12.0 Å². The summed E-state index contributed by atoms with van der Waals surface area (Å²) in [6.07, 6.45) is 0.0262. The third kappa shape index (κ3) is 0.886. The number of methoxy groups -OCH3 is 1. The van der Waals surface area contributed by atoms with Gasteiger partial charge in [-0.05, 0) is 6.42 Å². The number of carboxylic acids is 1. The molecule has 0 bridgehead atoms. The summed E-state index contributed by atoms with van der Waals surface area (Å²) in [5, 5.41) is 8.84. The second-order valence-electron chi connectivity index (χ2n) is 4.06. The molecule has 0 radical (unpaired) electrons. The smallest absolute Gasteiger partial charge is 0.409 e. The van der Waals surface area contributed by atoms with Crippen molar-refractivity contribution in [3.8, 4) is 0 Å². The topological polar surface area (TPSA) is 92.9 Å². The van der Waals surface area contributed by atoms with Crippen LogP contribution in [0.2, 0.25) is 0 Å². The van der Waals surface area contributed by atoms with E-state index in [-0.39, 0.29) is 0 Å². The van der Waals surface area contributed by atoms with Gasteiger partial charge in [-0.2, -0.15) is 0 Å². The number of rotatable bonds is 1. The van der Waals surface area contributed by atoms with E-state index in [0.29, 0.717) is 19.5 Å². The summed E-state index contributed by atoms with van der Waals surface area (Å²) in [7, 11) is 1.30. The van der Waals surface area contributed by atoms with Crippen LogP contribution in [-0.2, 0) is 9.53 Å². The van der Waals surface area contributed by atoms with Gasteiger partial charge in [-0.15, -0.1) is 0 Å². The maximum atomic E-state index is 11.0. The standard InChI is InChI=1S/C8H12N2O4/c1-14-6(13)10-3-7(4-10)2-8(7,9)5(11)12/h2-4,9H2,1H3,(H,11,12). The molecular formula is C8H12N2O4. The van der Waals surface area contributed by atoms with Crippen molar-refractivity contribution < 1.29 is 19.4 Å². The molecule has 0 aromatic rings. The number of carbonyl (C=O) groups excluding carboxylic acids is 1. The van der Waals surface area contributed by atoms with Crippen LogP contribution in [0.3, 0.4) is 0 Å². The van der Waals surface area contributed by atoms with E-state index in [1.165, 1.54) is 12.0 Å². The predicted octanol–water partition coefficient (Wildman–Crippen LogP) is -0.759.